The molecule has 6 heteroatoms. The van der Waals surface area contributed by atoms with Gasteiger partial charge in [0.15, 0.2) is 0 Å². The van der Waals surface area contributed by atoms with Crippen molar-refractivity contribution < 1.29 is 19.1 Å². The number of carbonyl (C=O) groups excluding carboxylic acids is 2. The number of benzene rings is 1. The highest BCUT2D eigenvalue weighted by atomic mass is 16.5. The van der Waals surface area contributed by atoms with Crippen LogP contribution in [-0.2, 0) is 9.53 Å². The van der Waals surface area contributed by atoms with E-state index in [9.17, 15) is 9.59 Å². The lowest BCUT2D eigenvalue weighted by Crippen LogP contribution is -2.43. The van der Waals surface area contributed by atoms with E-state index in [-0.39, 0.29) is 24.5 Å². The fraction of sp³-hybridized carbons (Fsp3) is 0.636. The molecule has 0 aromatic heterocycles. The lowest BCUT2D eigenvalue weighted by molar-refractivity contribution is -0.136. The molecular weight excluding hydrogens is 356 g/mol. The van der Waals surface area contributed by atoms with E-state index in [0.29, 0.717) is 25.0 Å². The van der Waals surface area contributed by atoms with Gasteiger partial charge >= 0.3 is 0 Å². The van der Waals surface area contributed by atoms with Gasteiger partial charge < -0.3 is 19.3 Å². The van der Waals surface area contributed by atoms with Gasteiger partial charge in [0.05, 0.1) is 0 Å². The van der Waals surface area contributed by atoms with Crippen molar-refractivity contribution in [1.82, 2.24) is 9.80 Å². The molecule has 0 unspecified atom stereocenters. The number of piperidine rings is 1. The molecule has 28 heavy (non-hydrogen) atoms. The van der Waals surface area contributed by atoms with Crippen molar-refractivity contribution in [2.75, 3.05) is 33.4 Å². The summed E-state index contributed by atoms with van der Waals surface area (Å²) in [5.74, 6) is 1.69. The smallest absolute Gasteiger partial charge is 0.254 e. The molecule has 2 aliphatic heterocycles. The fourth-order valence-electron chi connectivity index (χ4n) is 4.86. The second-order valence-corrected chi connectivity index (χ2v) is 8.30. The van der Waals surface area contributed by atoms with Crippen molar-refractivity contribution in [2.24, 2.45) is 5.92 Å². The molecule has 3 aliphatic rings. The quantitative estimate of drug-likeness (QED) is 0.781. The van der Waals surface area contributed by atoms with E-state index in [1.165, 1.54) is 26.4 Å². The molecule has 1 saturated carbocycles. The van der Waals surface area contributed by atoms with E-state index in [1.54, 1.807) is 0 Å². The Labute approximate surface area is 166 Å². The molecule has 6 nitrogen and oxygen atoms in total. The molecule has 1 aliphatic carbocycles. The maximum absolute atomic E-state index is 12.9. The zero-order chi connectivity index (χ0) is 19.5. The minimum Gasteiger partial charge on any atom is -0.490 e. The van der Waals surface area contributed by atoms with E-state index in [0.717, 1.165) is 37.1 Å². The van der Waals surface area contributed by atoms with Gasteiger partial charge in [-0.3, -0.25) is 9.59 Å². The van der Waals surface area contributed by atoms with Crippen LogP contribution in [0.2, 0.25) is 0 Å². The number of likely N-dealkylation sites (tertiary alicyclic amines) is 2. The van der Waals surface area contributed by atoms with Crippen LogP contribution in [0.5, 0.6) is 5.75 Å². The Morgan fingerprint density at radius 2 is 1.82 bits per heavy atom. The van der Waals surface area contributed by atoms with Crippen molar-refractivity contribution in [1.29, 1.82) is 0 Å². The average molecular weight is 386 g/mol. The highest BCUT2D eigenvalue weighted by molar-refractivity contribution is 5.94. The van der Waals surface area contributed by atoms with Crippen LogP contribution in [0, 0.1) is 5.92 Å². The van der Waals surface area contributed by atoms with E-state index in [1.807, 2.05) is 29.2 Å². The maximum Gasteiger partial charge on any atom is 0.254 e. The third-order valence-corrected chi connectivity index (χ3v) is 6.38. The highest BCUT2D eigenvalue weighted by Gasteiger charge is 2.37. The van der Waals surface area contributed by atoms with E-state index in [4.69, 9.17) is 9.47 Å². The fourth-order valence-corrected chi connectivity index (χ4v) is 4.86. The van der Waals surface area contributed by atoms with Gasteiger partial charge in [-0.25, -0.2) is 0 Å². The van der Waals surface area contributed by atoms with Gasteiger partial charge in [-0.05, 0) is 49.4 Å². The van der Waals surface area contributed by atoms with E-state index < -0.39 is 0 Å². The average Bonchev–Trinajstić information content (AvgIpc) is 3.02. The molecule has 2 amide bonds. The predicted molar refractivity (Wildman–Crippen MR) is 105 cm³/mol. The van der Waals surface area contributed by atoms with Crippen LogP contribution in [0.3, 0.4) is 0 Å². The summed E-state index contributed by atoms with van der Waals surface area (Å²) < 4.78 is 11.0. The first-order chi connectivity index (χ1) is 13.6. The van der Waals surface area contributed by atoms with Crippen molar-refractivity contribution >= 4 is 11.8 Å². The summed E-state index contributed by atoms with van der Waals surface area (Å²) in [6, 6.07) is 8.01. The Balaban J connectivity index is 1.29. The third kappa shape index (κ3) is 4.17. The molecule has 1 aromatic carbocycles. The van der Waals surface area contributed by atoms with Crippen LogP contribution in [0.1, 0.15) is 48.9 Å². The summed E-state index contributed by atoms with van der Waals surface area (Å²) in [5, 5.41) is 0. The van der Waals surface area contributed by atoms with Crippen LogP contribution in [0.4, 0.5) is 0 Å². The lowest BCUT2D eigenvalue weighted by atomic mass is 9.90. The normalized spacial score (nSPS) is 25.0. The van der Waals surface area contributed by atoms with Crippen LogP contribution >= 0.6 is 0 Å². The Morgan fingerprint density at radius 3 is 2.50 bits per heavy atom. The number of hydrogen-bond donors (Lipinski definition) is 0. The first-order valence-corrected chi connectivity index (χ1v) is 10.5. The van der Waals surface area contributed by atoms with Crippen molar-refractivity contribution in [3.8, 4) is 5.75 Å². The number of carbonyl (C=O) groups is 2. The molecule has 0 spiro atoms. The van der Waals surface area contributed by atoms with Gasteiger partial charge in [0, 0.05) is 51.2 Å². The molecule has 0 radical (unpaired) electrons. The predicted octanol–water partition coefficient (Wildman–Crippen LogP) is 2.72. The zero-order valence-electron chi connectivity index (χ0n) is 16.6. The standard InChI is InChI=1S/C22H30N2O4/c1-27-15-21(25)23-11-9-20(10-12-23)28-19-7-5-17(6-8-19)22(26)24-14-16-3-2-4-18(24)13-16/h5-8,16,18,20H,2-4,9-15H2,1H3/t16-,18+/m1/s1. The second-order valence-electron chi connectivity index (χ2n) is 8.30. The Hall–Kier alpha value is -2.08. The largest absolute Gasteiger partial charge is 0.490 e. The molecule has 1 aromatic rings. The molecule has 2 heterocycles. The second kappa shape index (κ2) is 8.52. The third-order valence-electron chi connectivity index (χ3n) is 6.38. The maximum atomic E-state index is 12.9. The monoisotopic (exact) mass is 386 g/mol. The summed E-state index contributed by atoms with van der Waals surface area (Å²) in [4.78, 5) is 28.7. The molecule has 2 atom stereocenters. The van der Waals surface area contributed by atoms with E-state index >= 15 is 0 Å². The van der Waals surface area contributed by atoms with Crippen LogP contribution < -0.4 is 4.74 Å². The first-order valence-electron chi connectivity index (χ1n) is 10.5. The van der Waals surface area contributed by atoms with Crippen molar-refractivity contribution in [3.05, 3.63) is 29.8 Å². The van der Waals surface area contributed by atoms with Gasteiger partial charge in [-0.2, -0.15) is 0 Å². The van der Waals surface area contributed by atoms with Gasteiger partial charge in [-0.1, -0.05) is 6.42 Å². The molecule has 152 valence electrons. The van der Waals surface area contributed by atoms with Crippen LogP contribution in [-0.4, -0.2) is 67.1 Å². The summed E-state index contributed by atoms with van der Waals surface area (Å²) in [6.07, 6.45) is 6.57. The van der Waals surface area contributed by atoms with Crippen LogP contribution in [0.25, 0.3) is 0 Å². The summed E-state index contributed by atoms with van der Waals surface area (Å²) >= 11 is 0. The Bertz CT molecular complexity index is 697. The minimum absolute atomic E-state index is 0.0372. The molecule has 4 rings (SSSR count). The molecule has 3 fully saturated rings. The number of methoxy groups -OCH3 is 1. The highest BCUT2D eigenvalue weighted by Crippen LogP contribution is 2.36. The topological polar surface area (TPSA) is 59.1 Å². The molecule has 0 N–H and O–H groups in total. The van der Waals surface area contributed by atoms with Gasteiger partial charge in [0.1, 0.15) is 18.5 Å². The summed E-state index contributed by atoms with van der Waals surface area (Å²) in [7, 11) is 1.54. The van der Waals surface area contributed by atoms with Crippen molar-refractivity contribution in [2.45, 2.75) is 50.7 Å². The summed E-state index contributed by atoms with van der Waals surface area (Å²) in [6.45, 7) is 2.45. The molecule has 2 bridgehead atoms. The molecular formula is C22H30N2O4. The summed E-state index contributed by atoms with van der Waals surface area (Å²) in [5.41, 5.74) is 0.750. The Morgan fingerprint density at radius 1 is 1.07 bits per heavy atom. The number of ether oxygens (including phenoxy) is 2. The van der Waals surface area contributed by atoms with Gasteiger partial charge in [0.2, 0.25) is 5.91 Å². The number of hydrogen-bond acceptors (Lipinski definition) is 4. The molecule has 2 saturated heterocycles. The first kappa shape index (κ1) is 19.2. The lowest BCUT2D eigenvalue weighted by Gasteiger charge is -2.32. The number of fused-ring (bicyclic) bond motifs is 2. The van der Waals surface area contributed by atoms with Crippen LogP contribution in [0.15, 0.2) is 24.3 Å². The van der Waals surface area contributed by atoms with E-state index in [2.05, 4.69) is 4.90 Å². The number of nitrogens with zero attached hydrogens (tertiary/aromatic N) is 2. The minimum atomic E-state index is 0.0372. The van der Waals surface area contributed by atoms with Crippen molar-refractivity contribution in [3.63, 3.8) is 0 Å². The van der Waals surface area contributed by atoms with Gasteiger partial charge in [0.25, 0.3) is 5.91 Å². The number of rotatable bonds is 5. The Kier molecular flexibility index (Phi) is 5.85. The number of amides is 2. The van der Waals surface area contributed by atoms with Gasteiger partial charge in [-0.15, -0.1) is 0 Å². The SMILES string of the molecule is COCC(=O)N1CCC(Oc2ccc(C(=O)N3C[C@@H]4CCC[C@H]3C4)cc2)CC1. The zero-order valence-corrected chi connectivity index (χ0v) is 16.6.